The van der Waals surface area contributed by atoms with Crippen molar-refractivity contribution >= 4 is 11.9 Å². The molecule has 4 rings (SSSR count). The second kappa shape index (κ2) is 9.75. The molecular formula is C31H34FNO4. The van der Waals surface area contributed by atoms with Crippen molar-refractivity contribution in [2.75, 3.05) is 0 Å². The van der Waals surface area contributed by atoms with Gasteiger partial charge in [0.25, 0.3) is 5.91 Å². The molecule has 1 atom stereocenters. The summed E-state index contributed by atoms with van der Waals surface area (Å²) in [6, 6.07) is 12.4. The first-order valence-corrected chi connectivity index (χ1v) is 12.5. The molecule has 1 aliphatic heterocycles. The van der Waals surface area contributed by atoms with Crippen LogP contribution in [0.2, 0.25) is 0 Å². The lowest BCUT2D eigenvalue weighted by Crippen LogP contribution is -2.28. The number of hydrogen-bond donors (Lipinski definition) is 1. The lowest BCUT2D eigenvalue weighted by atomic mass is 9.83. The van der Waals surface area contributed by atoms with Crippen LogP contribution in [-0.4, -0.2) is 27.5 Å². The average molecular weight is 504 g/mol. The van der Waals surface area contributed by atoms with Crippen LogP contribution in [0.4, 0.5) is 4.39 Å². The van der Waals surface area contributed by atoms with Gasteiger partial charge in [0.15, 0.2) is 6.10 Å². The normalized spacial score (nSPS) is 14.0. The number of ether oxygens (including phenoxy) is 1. The van der Waals surface area contributed by atoms with Gasteiger partial charge in [0, 0.05) is 24.2 Å². The molecule has 0 fully saturated rings. The number of hydrogen-bond acceptors (Lipinski definition) is 3. The van der Waals surface area contributed by atoms with Crippen molar-refractivity contribution in [3.05, 3.63) is 92.8 Å². The summed E-state index contributed by atoms with van der Waals surface area (Å²) >= 11 is 0. The molecule has 1 N–H and O–H groups in total. The highest BCUT2D eigenvalue weighted by Gasteiger charge is 2.36. The van der Waals surface area contributed by atoms with E-state index in [-0.39, 0.29) is 11.7 Å². The maximum absolute atomic E-state index is 13.8. The highest BCUT2D eigenvalue weighted by Crippen LogP contribution is 2.44. The average Bonchev–Trinajstić information content (AvgIpc) is 3.27. The molecule has 0 aromatic heterocycles. The van der Waals surface area contributed by atoms with E-state index in [2.05, 4.69) is 0 Å². The molecule has 1 unspecified atom stereocenters. The lowest BCUT2D eigenvalue weighted by molar-refractivity contribution is -0.160. The Morgan fingerprint density at radius 1 is 0.946 bits per heavy atom. The SMILES string of the molecule is Cc1ccc(-c2c(C)c3c(c(C)c2C(OC(C)(C)C)C(=O)O)CN(C(=O)c2ccc(F)c(C)c2)C3)cc1. The largest absolute Gasteiger partial charge is 0.479 e. The third kappa shape index (κ3) is 5.16. The van der Waals surface area contributed by atoms with Crippen LogP contribution in [-0.2, 0) is 22.6 Å². The first-order valence-electron chi connectivity index (χ1n) is 12.5. The Bertz CT molecular complexity index is 1390. The van der Waals surface area contributed by atoms with E-state index in [4.69, 9.17) is 4.74 Å². The van der Waals surface area contributed by atoms with Crippen LogP contribution in [0.15, 0.2) is 42.5 Å². The van der Waals surface area contributed by atoms with Crippen molar-refractivity contribution in [1.82, 2.24) is 4.90 Å². The topological polar surface area (TPSA) is 66.8 Å². The van der Waals surface area contributed by atoms with E-state index < -0.39 is 17.7 Å². The van der Waals surface area contributed by atoms with E-state index in [0.717, 1.165) is 38.9 Å². The Labute approximate surface area is 217 Å². The zero-order valence-electron chi connectivity index (χ0n) is 22.5. The maximum Gasteiger partial charge on any atom is 0.337 e. The number of rotatable bonds is 5. The van der Waals surface area contributed by atoms with E-state index in [0.29, 0.717) is 29.8 Å². The Morgan fingerprint density at radius 2 is 1.54 bits per heavy atom. The molecule has 1 heterocycles. The van der Waals surface area contributed by atoms with Crippen LogP contribution in [0.3, 0.4) is 0 Å². The Morgan fingerprint density at radius 3 is 2.08 bits per heavy atom. The third-order valence-corrected chi connectivity index (χ3v) is 7.01. The van der Waals surface area contributed by atoms with Crippen LogP contribution in [0, 0.1) is 33.5 Å². The molecule has 3 aromatic rings. The quantitative estimate of drug-likeness (QED) is 0.415. The predicted molar refractivity (Wildman–Crippen MR) is 142 cm³/mol. The van der Waals surface area contributed by atoms with E-state index in [1.54, 1.807) is 17.9 Å². The first kappa shape index (κ1) is 26.6. The number of carboxylic acid groups (broad SMARTS) is 1. The molecule has 0 saturated heterocycles. The number of carboxylic acids is 1. The Kier molecular flexibility index (Phi) is 6.99. The van der Waals surface area contributed by atoms with E-state index in [1.165, 1.54) is 12.1 Å². The molecule has 0 saturated carbocycles. The van der Waals surface area contributed by atoms with Crippen molar-refractivity contribution in [3.63, 3.8) is 0 Å². The summed E-state index contributed by atoms with van der Waals surface area (Å²) in [6.07, 6.45) is -1.18. The minimum Gasteiger partial charge on any atom is -0.479 e. The number of benzene rings is 3. The fourth-order valence-electron chi connectivity index (χ4n) is 5.13. The molecule has 5 nitrogen and oxygen atoms in total. The molecule has 3 aromatic carbocycles. The van der Waals surface area contributed by atoms with Crippen molar-refractivity contribution in [1.29, 1.82) is 0 Å². The number of fused-ring (bicyclic) bond motifs is 1. The monoisotopic (exact) mass is 503 g/mol. The minimum atomic E-state index is -1.18. The standard InChI is InChI=1S/C31H34FNO4/c1-17-8-10-21(11-9-17)26-19(3)23-15-33(29(34)22-12-13-25(32)18(2)14-22)16-24(23)20(4)27(26)28(30(35)36)37-31(5,6)7/h8-14,28H,15-16H2,1-7H3,(H,35,36). The van der Waals surface area contributed by atoms with Crippen LogP contribution < -0.4 is 0 Å². The van der Waals surface area contributed by atoms with Gasteiger partial charge in [-0.1, -0.05) is 29.8 Å². The van der Waals surface area contributed by atoms with Gasteiger partial charge in [-0.25, -0.2) is 9.18 Å². The van der Waals surface area contributed by atoms with Gasteiger partial charge in [-0.3, -0.25) is 4.79 Å². The highest BCUT2D eigenvalue weighted by atomic mass is 19.1. The molecule has 0 bridgehead atoms. The number of halogens is 1. The second-order valence-electron chi connectivity index (χ2n) is 10.9. The molecule has 0 spiro atoms. The number of aryl methyl sites for hydroxylation is 2. The van der Waals surface area contributed by atoms with Gasteiger partial charge >= 0.3 is 5.97 Å². The van der Waals surface area contributed by atoms with Crippen LogP contribution >= 0.6 is 0 Å². The second-order valence-corrected chi connectivity index (χ2v) is 10.9. The fourth-order valence-corrected chi connectivity index (χ4v) is 5.13. The van der Waals surface area contributed by atoms with Crippen molar-refractivity contribution in [2.45, 2.75) is 73.3 Å². The fraction of sp³-hybridized carbons (Fsp3) is 0.355. The molecule has 1 amide bonds. The molecule has 0 radical (unpaired) electrons. The van der Waals surface area contributed by atoms with Gasteiger partial charge in [0.2, 0.25) is 0 Å². The number of aliphatic carboxylic acids is 1. The van der Waals surface area contributed by atoms with Gasteiger partial charge in [-0.05, 0) is 106 Å². The minimum absolute atomic E-state index is 0.183. The summed E-state index contributed by atoms with van der Waals surface area (Å²) in [7, 11) is 0. The van der Waals surface area contributed by atoms with E-state index in [9.17, 15) is 19.1 Å². The van der Waals surface area contributed by atoms with Gasteiger partial charge in [0.1, 0.15) is 5.82 Å². The smallest absolute Gasteiger partial charge is 0.337 e. The van der Waals surface area contributed by atoms with Gasteiger partial charge in [-0.2, -0.15) is 0 Å². The van der Waals surface area contributed by atoms with Crippen molar-refractivity contribution < 1.29 is 23.8 Å². The van der Waals surface area contributed by atoms with E-state index in [1.807, 2.05) is 65.8 Å². The van der Waals surface area contributed by atoms with Crippen LogP contribution in [0.5, 0.6) is 0 Å². The van der Waals surface area contributed by atoms with Gasteiger partial charge < -0.3 is 14.7 Å². The van der Waals surface area contributed by atoms with Crippen molar-refractivity contribution in [2.24, 2.45) is 0 Å². The zero-order chi connectivity index (χ0) is 27.2. The van der Waals surface area contributed by atoms with Crippen molar-refractivity contribution in [3.8, 4) is 11.1 Å². The summed E-state index contributed by atoms with van der Waals surface area (Å²) < 4.78 is 19.9. The molecule has 6 heteroatoms. The molecule has 37 heavy (non-hydrogen) atoms. The summed E-state index contributed by atoms with van der Waals surface area (Å²) in [5.74, 6) is -1.59. The van der Waals surface area contributed by atoms with Crippen LogP contribution in [0.1, 0.15) is 76.2 Å². The Hall–Kier alpha value is -3.51. The maximum atomic E-state index is 13.8. The Balaban J connectivity index is 1.88. The number of amides is 1. The predicted octanol–water partition coefficient (Wildman–Crippen LogP) is 6.82. The number of nitrogens with zero attached hydrogens (tertiary/aromatic N) is 1. The number of carbonyl (C=O) groups excluding carboxylic acids is 1. The summed E-state index contributed by atoms with van der Waals surface area (Å²) in [5.41, 5.74) is 7.35. The molecule has 194 valence electrons. The summed E-state index contributed by atoms with van der Waals surface area (Å²) in [6.45, 7) is 13.8. The summed E-state index contributed by atoms with van der Waals surface area (Å²) in [5, 5.41) is 10.3. The van der Waals surface area contributed by atoms with Crippen LogP contribution in [0.25, 0.3) is 11.1 Å². The molecular weight excluding hydrogens is 469 g/mol. The number of carbonyl (C=O) groups is 2. The lowest BCUT2D eigenvalue weighted by Gasteiger charge is -2.29. The molecule has 1 aliphatic rings. The zero-order valence-corrected chi connectivity index (χ0v) is 22.5. The van der Waals surface area contributed by atoms with E-state index >= 15 is 0 Å². The highest BCUT2D eigenvalue weighted by molar-refractivity contribution is 5.95. The van der Waals surface area contributed by atoms with Gasteiger partial charge in [-0.15, -0.1) is 0 Å². The summed E-state index contributed by atoms with van der Waals surface area (Å²) in [4.78, 5) is 27.7. The third-order valence-electron chi connectivity index (χ3n) is 7.01. The van der Waals surface area contributed by atoms with Gasteiger partial charge in [0.05, 0.1) is 5.60 Å². The first-order chi connectivity index (χ1) is 17.3. The molecule has 0 aliphatic carbocycles.